The number of rotatable bonds is 5. The van der Waals surface area contributed by atoms with Crippen molar-refractivity contribution in [3.05, 3.63) is 35.9 Å². The SMILES string of the molecule is CCC1CCCC(C(=O)C(CC)c2ccccc2)C1. The predicted octanol–water partition coefficient (Wildman–Crippen LogP) is 4.97. The van der Waals surface area contributed by atoms with Gasteiger partial charge < -0.3 is 0 Å². The van der Waals surface area contributed by atoms with Crippen molar-refractivity contribution in [3.63, 3.8) is 0 Å². The molecule has 0 aromatic heterocycles. The molecular weight excluding hydrogens is 232 g/mol. The van der Waals surface area contributed by atoms with Gasteiger partial charge in [0.2, 0.25) is 0 Å². The highest BCUT2D eigenvalue weighted by Gasteiger charge is 2.30. The van der Waals surface area contributed by atoms with Crippen LogP contribution in [0.4, 0.5) is 0 Å². The van der Waals surface area contributed by atoms with Crippen molar-refractivity contribution < 1.29 is 4.79 Å². The van der Waals surface area contributed by atoms with Gasteiger partial charge in [-0.25, -0.2) is 0 Å². The molecule has 1 aliphatic rings. The smallest absolute Gasteiger partial charge is 0.143 e. The molecule has 3 atom stereocenters. The van der Waals surface area contributed by atoms with Gasteiger partial charge in [-0.15, -0.1) is 0 Å². The van der Waals surface area contributed by atoms with Gasteiger partial charge in [-0.2, -0.15) is 0 Å². The van der Waals surface area contributed by atoms with Crippen LogP contribution in [-0.4, -0.2) is 5.78 Å². The molecule has 1 aromatic rings. The Hall–Kier alpha value is -1.11. The first-order valence-electron chi connectivity index (χ1n) is 7.84. The standard InChI is InChI=1S/C18H26O/c1-3-14-9-8-12-16(13-14)18(19)17(4-2)15-10-6-5-7-11-15/h5-7,10-11,14,16-17H,3-4,8-9,12-13H2,1-2H3. The Kier molecular flexibility index (Phi) is 5.18. The number of carbonyl (C=O) groups excluding carboxylic acids is 1. The van der Waals surface area contributed by atoms with E-state index in [2.05, 4.69) is 26.0 Å². The summed E-state index contributed by atoms with van der Waals surface area (Å²) in [4.78, 5) is 12.8. The van der Waals surface area contributed by atoms with Crippen LogP contribution in [-0.2, 0) is 4.79 Å². The maximum atomic E-state index is 12.8. The monoisotopic (exact) mass is 258 g/mol. The van der Waals surface area contributed by atoms with E-state index in [1.807, 2.05) is 18.2 Å². The Bertz CT molecular complexity index is 395. The summed E-state index contributed by atoms with van der Waals surface area (Å²) >= 11 is 0. The van der Waals surface area contributed by atoms with Crippen LogP contribution in [0.1, 0.15) is 63.9 Å². The number of benzene rings is 1. The zero-order valence-corrected chi connectivity index (χ0v) is 12.3. The van der Waals surface area contributed by atoms with Crippen molar-refractivity contribution in [3.8, 4) is 0 Å². The molecule has 0 saturated heterocycles. The summed E-state index contributed by atoms with van der Waals surface area (Å²) in [5, 5.41) is 0. The van der Waals surface area contributed by atoms with Crippen molar-refractivity contribution in [2.75, 3.05) is 0 Å². The molecule has 1 aliphatic carbocycles. The quantitative estimate of drug-likeness (QED) is 0.729. The molecule has 0 aliphatic heterocycles. The Morgan fingerprint density at radius 1 is 1.21 bits per heavy atom. The molecule has 3 unspecified atom stereocenters. The Labute approximate surface area is 117 Å². The lowest BCUT2D eigenvalue weighted by Gasteiger charge is -2.30. The van der Waals surface area contributed by atoms with Crippen LogP contribution < -0.4 is 0 Å². The predicted molar refractivity (Wildman–Crippen MR) is 80.2 cm³/mol. The van der Waals surface area contributed by atoms with E-state index in [1.165, 1.54) is 24.8 Å². The average Bonchev–Trinajstić information content (AvgIpc) is 2.49. The number of hydrogen-bond acceptors (Lipinski definition) is 1. The van der Waals surface area contributed by atoms with E-state index in [1.54, 1.807) is 0 Å². The second-order valence-electron chi connectivity index (χ2n) is 5.91. The first kappa shape index (κ1) is 14.3. The summed E-state index contributed by atoms with van der Waals surface area (Å²) < 4.78 is 0. The first-order chi connectivity index (χ1) is 9.26. The summed E-state index contributed by atoms with van der Waals surface area (Å²) in [6, 6.07) is 10.3. The maximum absolute atomic E-state index is 12.8. The van der Waals surface area contributed by atoms with Crippen LogP contribution in [0.2, 0.25) is 0 Å². The molecule has 1 aromatic carbocycles. The van der Waals surface area contributed by atoms with Gasteiger partial charge >= 0.3 is 0 Å². The van der Waals surface area contributed by atoms with E-state index in [0.717, 1.165) is 25.2 Å². The molecule has 1 nitrogen and oxygen atoms in total. The lowest BCUT2D eigenvalue weighted by molar-refractivity contribution is -0.125. The van der Waals surface area contributed by atoms with Crippen LogP contribution in [0.3, 0.4) is 0 Å². The van der Waals surface area contributed by atoms with Crippen LogP contribution >= 0.6 is 0 Å². The van der Waals surface area contributed by atoms with Crippen molar-refractivity contribution in [2.45, 2.75) is 58.3 Å². The van der Waals surface area contributed by atoms with E-state index in [9.17, 15) is 4.79 Å². The van der Waals surface area contributed by atoms with Crippen LogP contribution in [0.25, 0.3) is 0 Å². The summed E-state index contributed by atoms with van der Waals surface area (Å²) in [5.41, 5.74) is 1.20. The lowest BCUT2D eigenvalue weighted by atomic mass is 9.74. The second kappa shape index (κ2) is 6.88. The van der Waals surface area contributed by atoms with Crippen molar-refractivity contribution >= 4 is 5.78 Å². The van der Waals surface area contributed by atoms with Crippen LogP contribution in [0, 0.1) is 11.8 Å². The summed E-state index contributed by atoms with van der Waals surface area (Å²) in [6.07, 6.45) is 6.95. The largest absolute Gasteiger partial charge is 0.299 e. The highest BCUT2D eigenvalue weighted by molar-refractivity contribution is 5.87. The highest BCUT2D eigenvalue weighted by atomic mass is 16.1. The van der Waals surface area contributed by atoms with Gasteiger partial charge in [-0.3, -0.25) is 4.79 Å². The van der Waals surface area contributed by atoms with Crippen molar-refractivity contribution in [1.29, 1.82) is 0 Å². The van der Waals surface area contributed by atoms with Crippen molar-refractivity contribution in [2.24, 2.45) is 11.8 Å². The minimum absolute atomic E-state index is 0.113. The molecule has 1 heteroatoms. The molecule has 0 heterocycles. The van der Waals surface area contributed by atoms with Crippen molar-refractivity contribution in [1.82, 2.24) is 0 Å². The van der Waals surface area contributed by atoms with E-state index in [0.29, 0.717) is 11.7 Å². The summed E-state index contributed by atoms with van der Waals surface area (Å²) in [5.74, 6) is 1.69. The second-order valence-corrected chi connectivity index (χ2v) is 5.91. The minimum Gasteiger partial charge on any atom is -0.299 e. The molecular formula is C18H26O. The molecule has 0 radical (unpaired) electrons. The Morgan fingerprint density at radius 3 is 2.58 bits per heavy atom. The topological polar surface area (TPSA) is 17.1 Å². The molecule has 1 fully saturated rings. The molecule has 1 saturated carbocycles. The van der Waals surface area contributed by atoms with Gasteiger partial charge in [-0.05, 0) is 30.7 Å². The molecule has 0 bridgehead atoms. The van der Waals surface area contributed by atoms with Gasteiger partial charge in [0.25, 0.3) is 0 Å². The summed E-state index contributed by atoms with van der Waals surface area (Å²) in [6.45, 7) is 4.39. The third-order valence-electron chi connectivity index (χ3n) is 4.72. The number of hydrogen-bond donors (Lipinski definition) is 0. The zero-order valence-electron chi connectivity index (χ0n) is 12.3. The molecule has 0 N–H and O–H groups in total. The first-order valence-corrected chi connectivity index (χ1v) is 7.84. The maximum Gasteiger partial charge on any atom is 0.143 e. The third-order valence-corrected chi connectivity index (χ3v) is 4.72. The fraction of sp³-hybridized carbons (Fsp3) is 0.611. The fourth-order valence-corrected chi connectivity index (χ4v) is 3.49. The molecule has 0 amide bonds. The van der Waals surface area contributed by atoms with Gasteiger partial charge in [-0.1, -0.05) is 63.4 Å². The number of carbonyl (C=O) groups is 1. The molecule has 0 spiro atoms. The Balaban J connectivity index is 2.08. The van der Waals surface area contributed by atoms with Crippen LogP contribution in [0.15, 0.2) is 30.3 Å². The average molecular weight is 258 g/mol. The molecule has 2 rings (SSSR count). The van der Waals surface area contributed by atoms with Gasteiger partial charge in [0.15, 0.2) is 0 Å². The number of Topliss-reactive ketones (excluding diaryl/α,β-unsaturated/α-hetero) is 1. The van der Waals surface area contributed by atoms with Gasteiger partial charge in [0.1, 0.15) is 5.78 Å². The van der Waals surface area contributed by atoms with Crippen LogP contribution in [0.5, 0.6) is 0 Å². The third kappa shape index (κ3) is 3.46. The fourth-order valence-electron chi connectivity index (χ4n) is 3.49. The van der Waals surface area contributed by atoms with Gasteiger partial charge in [0, 0.05) is 11.8 Å². The van der Waals surface area contributed by atoms with Gasteiger partial charge in [0.05, 0.1) is 0 Å². The normalized spacial score (nSPS) is 24.9. The lowest BCUT2D eigenvalue weighted by Crippen LogP contribution is -2.27. The summed E-state index contributed by atoms with van der Waals surface area (Å²) in [7, 11) is 0. The van der Waals surface area contributed by atoms with E-state index in [-0.39, 0.29) is 5.92 Å². The number of ketones is 1. The Morgan fingerprint density at radius 2 is 1.95 bits per heavy atom. The van der Waals surface area contributed by atoms with E-state index < -0.39 is 0 Å². The van der Waals surface area contributed by atoms with E-state index >= 15 is 0 Å². The zero-order chi connectivity index (χ0) is 13.7. The highest BCUT2D eigenvalue weighted by Crippen LogP contribution is 2.35. The minimum atomic E-state index is 0.113. The van der Waals surface area contributed by atoms with E-state index in [4.69, 9.17) is 0 Å². The molecule has 104 valence electrons. The molecule has 19 heavy (non-hydrogen) atoms.